The van der Waals surface area contributed by atoms with Crippen LogP contribution in [0.15, 0.2) is 28.6 Å². The molecule has 0 saturated carbocycles. The van der Waals surface area contributed by atoms with Gasteiger partial charge in [0, 0.05) is 16.3 Å². The zero-order valence-corrected chi connectivity index (χ0v) is 20.5. The molecular weight excluding hydrogens is 511 g/mol. The summed E-state index contributed by atoms with van der Waals surface area (Å²) in [5, 5.41) is 18.5. The van der Waals surface area contributed by atoms with Crippen molar-refractivity contribution in [1.29, 1.82) is 0 Å². The lowest BCUT2D eigenvalue weighted by Crippen LogP contribution is -2.21. The number of carboxylic acid groups (broad SMARTS) is 1. The second-order valence-corrected chi connectivity index (χ2v) is 10.2. The first kappa shape index (κ1) is 22.9. The second kappa shape index (κ2) is 9.32. The fourth-order valence-electron chi connectivity index (χ4n) is 2.91. The number of carbonyl (C=O) groups excluding carboxylic acids is 2. The normalized spacial score (nSPS) is 11.1. The number of thiophene rings is 1. The van der Waals surface area contributed by atoms with Gasteiger partial charge in [0.2, 0.25) is 5.91 Å². The minimum absolute atomic E-state index is 0.0726. The van der Waals surface area contributed by atoms with Gasteiger partial charge in [-0.05, 0) is 31.5 Å². The van der Waals surface area contributed by atoms with Crippen molar-refractivity contribution in [1.82, 2.24) is 15.0 Å². The van der Waals surface area contributed by atoms with Crippen LogP contribution in [-0.4, -0.2) is 32.6 Å². The van der Waals surface area contributed by atoms with Crippen molar-refractivity contribution < 1.29 is 14.7 Å². The van der Waals surface area contributed by atoms with E-state index in [1.54, 1.807) is 32.0 Å². The van der Waals surface area contributed by atoms with Gasteiger partial charge in [-0.25, -0.2) is 15.0 Å². The van der Waals surface area contributed by atoms with Crippen molar-refractivity contribution in [2.45, 2.75) is 18.9 Å². The SMILES string of the molecule is Cc1nc(SCC(=O)Nc2nc(-c3ccc(Cl)c(Cl)c3)cs2)c2c(C)c(C(=O)[O-])sc2n1. The summed E-state index contributed by atoms with van der Waals surface area (Å²) < 4.78 is 0. The molecule has 1 aromatic carbocycles. The molecule has 0 atom stereocenters. The Balaban J connectivity index is 1.48. The average Bonchev–Trinajstić information content (AvgIpc) is 3.33. The molecule has 0 aliphatic carbocycles. The number of aromatic carboxylic acids is 1. The summed E-state index contributed by atoms with van der Waals surface area (Å²) in [4.78, 5) is 37.7. The summed E-state index contributed by atoms with van der Waals surface area (Å²) in [6.07, 6.45) is 0. The maximum Gasteiger partial charge on any atom is 0.236 e. The van der Waals surface area contributed by atoms with E-state index in [1.165, 1.54) is 23.1 Å². The number of fused-ring (bicyclic) bond motifs is 1. The highest BCUT2D eigenvalue weighted by Crippen LogP contribution is 2.35. The van der Waals surface area contributed by atoms with Crippen LogP contribution in [0.1, 0.15) is 21.1 Å². The number of amides is 1. The molecule has 7 nitrogen and oxygen atoms in total. The number of aromatic nitrogens is 3. The van der Waals surface area contributed by atoms with Crippen molar-refractivity contribution in [2.75, 3.05) is 11.1 Å². The zero-order valence-electron chi connectivity index (χ0n) is 16.6. The Hall–Kier alpha value is -2.24. The number of nitrogens with one attached hydrogen (secondary N) is 1. The lowest BCUT2D eigenvalue weighted by atomic mass is 10.2. The third-order valence-electron chi connectivity index (χ3n) is 4.36. The fourth-order valence-corrected chi connectivity index (χ4v) is 6.00. The summed E-state index contributed by atoms with van der Waals surface area (Å²) in [6.45, 7) is 3.41. The molecule has 1 N–H and O–H groups in total. The summed E-state index contributed by atoms with van der Waals surface area (Å²) in [7, 11) is 0. The molecule has 0 aliphatic heterocycles. The van der Waals surface area contributed by atoms with Crippen LogP contribution in [0.4, 0.5) is 5.13 Å². The summed E-state index contributed by atoms with van der Waals surface area (Å²) in [5.74, 6) is -0.943. The number of carboxylic acids is 1. The first-order valence-corrected chi connectivity index (χ1v) is 12.5. The van der Waals surface area contributed by atoms with Crippen molar-refractivity contribution in [3.05, 3.63) is 49.9 Å². The summed E-state index contributed by atoms with van der Waals surface area (Å²) in [5.41, 5.74) is 2.01. The van der Waals surface area contributed by atoms with Crippen molar-refractivity contribution >= 4 is 84.9 Å². The third-order valence-corrected chi connectivity index (χ3v) is 8.00. The number of rotatable bonds is 6. The van der Waals surface area contributed by atoms with Gasteiger partial charge in [-0.1, -0.05) is 41.0 Å². The molecular formula is C20H13Cl2N4O3S3-. The Kier molecular flexibility index (Phi) is 6.68. The maximum atomic E-state index is 12.5. The summed E-state index contributed by atoms with van der Waals surface area (Å²) in [6, 6.07) is 5.21. The number of anilines is 1. The predicted molar refractivity (Wildman–Crippen MR) is 128 cm³/mol. The first-order valence-electron chi connectivity index (χ1n) is 9.05. The molecule has 0 fully saturated rings. The van der Waals surface area contributed by atoms with Crippen LogP contribution in [0.25, 0.3) is 21.5 Å². The second-order valence-electron chi connectivity index (χ2n) is 6.60. The minimum Gasteiger partial charge on any atom is -0.544 e. The highest BCUT2D eigenvalue weighted by molar-refractivity contribution is 8.00. The predicted octanol–water partition coefficient (Wildman–Crippen LogP) is 4.83. The Labute approximate surface area is 204 Å². The number of nitrogens with zero attached hydrogens (tertiary/aromatic N) is 3. The molecule has 164 valence electrons. The number of thiazole rings is 1. The van der Waals surface area contributed by atoms with E-state index >= 15 is 0 Å². The van der Waals surface area contributed by atoms with Crippen LogP contribution in [0.2, 0.25) is 10.0 Å². The van der Waals surface area contributed by atoms with Gasteiger partial charge in [-0.2, -0.15) is 0 Å². The van der Waals surface area contributed by atoms with E-state index in [1.807, 2.05) is 5.38 Å². The van der Waals surface area contributed by atoms with E-state index in [4.69, 9.17) is 23.2 Å². The molecule has 4 rings (SSSR count). The van der Waals surface area contributed by atoms with Gasteiger partial charge in [0.05, 0.1) is 32.3 Å². The van der Waals surface area contributed by atoms with Crippen LogP contribution >= 0.6 is 57.6 Å². The van der Waals surface area contributed by atoms with Crippen molar-refractivity contribution in [3.8, 4) is 11.3 Å². The van der Waals surface area contributed by atoms with E-state index < -0.39 is 5.97 Å². The highest BCUT2D eigenvalue weighted by Gasteiger charge is 2.18. The molecule has 0 spiro atoms. The van der Waals surface area contributed by atoms with Crippen LogP contribution in [-0.2, 0) is 4.79 Å². The van der Waals surface area contributed by atoms with Gasteiger partial charge in [-0.3, -0.25) is 4.79 Å². The number of halogens is 2. The number of aryl methyl sites for hydroxylation is 2. The first-order chi connectivity index (χ1) is 15.2. The van der Waals surface area contributed by atoms with E-state index in [0.29, 0.717) is 47.5 Å². The van der Waals surface area contributed by atoms with Gasteiger partial charge in [0.1, 0.15) is 15.7 Å². The Morgan fingerprint density at radius 1 is 1.16 bits per heavy atom. The van der Waals surface area contributed by atoms with E-state index in [-0.39, 0.29) is 16.5 Å². The van der Waals surface area contributed by atoms with Crippen LogP contribution < -0.4 is 10.4 Å². The molecule has 4 aromatic rings. The lowest BCUT2D eigenvalue weighted by Gasteiger charge is -2.05. The Morgan fingerprint density at radius 3 is 2.66 bits per heavy atom. The average molecular weight is 524 g/mol. The summed E-state index contributed by atoms with van der Waals surface area (Å²) >= 11 is 15.6. The fraction of sp³-hybridized carbons (Fsp3) is 0.150. The van der Waals surface area contributed by atoms with Crippen molar-refractivity contribution in [3.63, 3.8) is 0 Å². The Bertz CT molecular complexity index is 1370. The molecule has 12 heteroatoms. The topological polar surface area (TPSA) is 108 Å². The van der Waals surface area contributed by atoms with E-state index in [9.17, 15) is 14.7 Å². The van der Waals surface area contributed by atoms with Crippen LogP contribution in [0.3, 0.4) is 0 Å². The number of hydrogen-bond acceptors (Lipinski definition) is 9. The highest BCUT2D eigenvalue weighted by atomic mass is 35.5. The molecule has 3 heterocycles. The monoisotopic (exact) mass is 523 g/mol. The number of thioether (sulfide) groups is 1. The van der Waals surface area contributed by atoms with Gasteiger partial charge in [0.15, 0.2) is 5.13 Å². The molecule has 0 unspecified atom stereocenters. The number of carbonyl (C=O) groups is 2. The maximum absolute atomic E-state index is 12.5. The van der Waals surface area contributed by atoms with Crippen LogP contribution in [0.5, 0.6) is 0 Å². The molecule has 0 radical (unpaired) electrons. The van der Waals surface area contributed by atoms with Gasteiger partial charge < -0.3 is 15.2 Å². The molecule has 3 aromatic heterocycles. The molecule has 0 aliphatic rings. The quantitative estimate of drug-likeness (QED) is 0.284. The molecule has 32 heavy (non-hydrogen) atoms. The zero-order chi connectivity index (χ0) is 23.0. The molecule has 1 amide bonds. The van der Waals surface area contributed by atoms with Gasteiger partial charge >= 0.3 is 0 Å². The molecule has 0 saturated heterocycles. The molecule has 0 bridgehead atoms. The number of hydrogen-bond donors (Lipinski definition) is 1. The van der Waals surface area contributed by atoms with Gasteiger partial charge in [0.25, 0.3) is 0 Å². The third kappa shape index (κ3) is 4.74. The van der Waals surface area contributed by atoms with Gasteiger partial charge in [-0.15, -0.1) is 22.7 Å². The van der Waals surface area contributed by atoms with Crippen molar-refractivity contribution in [2.24, 2.45) is 0 Å². The van der Waals surface area contributed by atoms with E-state index in [2.05, 4.69) is 20.3 Å². The smallest absolute Gasteiger partial charge is 0.236 e. The van der Waals surface area contributed by atoms with Crippen LogP contribution in [0, 0.1) is 13.8 Å². The standard InChI is InChI=1S/C20H14Cl2N4O3S3/c1-8-15-17(23-9(2)24-18(15)32-16(8)19(28)29)30-7-14(27)26-20-25-13(6-31-20)10-3-4-11(21)12(22)5-10/h3-6H,7H2,1-2H3,(H,28,29)(H,25,26,27)/p-1. The Morgan fingerprint density at radius 2 is 1.94 bits per heavy atom. The minimum atomic E-state index is -1.25. The number of benzene rings is 1. The largest absolute Gasteiger partial charge is 0.544 e. The van der Waals surface area contributed by atoms with E-state index in [0.717, 1.165) is 16.9 Å². The lowest BCUT2D eigenvalue weighted by molar-refractivity contribution is -0.254.